The van der Waals surface area contributed by atoms with E-state index in [0.717, 1.165) is 57.9 Å². The van der Waals surface area contributed by atoms with E-state index in [9.17, 15) is 9.59 Å². The maximum atomic E-state index is 12.9. The van der Waals surface area contributed by atoms with Crippen molar-refractivity contribution in [2.24, 2.45) is 0 Å². The van der Waals surface area contributed by atoms with Crippen LogP contribution in [0.1, 0.15) is 42.4 Å². The fourth-order valence-corrected chi connectivity index (χ4v) is 8.68. The normalized spacial score (nSPS) is 14.3. The van der Waals surface area contributed by atoms with Crippen molar-refractivity contribution in [3.8, 4) is 0 Å². The predicted molar refractivity (Wildman–Crippen MR) is 249 cm³/mol. The van der Waals surface area contributed by atoms with Crippen molar-refractivity contribution in [3.63, 3.8) is 0 Å². The number of thioether (sulfide) groups is 1. The summed E-state index contributed by atoms with van der Waals surface area (Å²) in [6.45, 7) is 9.41. The van der Waals surface area contributed by atoms with Crippen LogP contribution in [-0.4, -0.2) is 86.2 Å². The number of piperidine rings is 1. The zero-order chi connectivity index (χ0) is 42.7. The second-order valence-electron chi connectivity index (χ2n) is 15.4. The average Bonchev–Trinajstić information content (AvgIpc) is 3.30. The highest BCUT2D eigenvalue weighted by atomic mass is 32.2. The van der Waals surface area contributed by atoms with E-state index < -0.39 is 0 Å². The van der Waals surface area contributed by atoms with Gasteiger partial charge < -0.3 is 36.0 Å². The van der Waals surface area contributed by atoms with Gasteiger partial charge >= 0.3 is 0 Å². The lowest BCUT2D eigenvalue weighted by Crippen LogP contribution is -2.47. The first kappa shape index (κ1) is 41.9. The molecule has 16 heteroatoms. The van der Waals surface area contributed by atoms with E-state index in [0.29, 0.717) is 51.8 Å². The quantitative estimate of drug-likeness (QED) is 0.0791. The SMILES string of the molecule is Cc1cccc(N2CCN(c3ncnc(Nc4cccc(NC(=O)CCC(=O)Nc5cccc(Nc6ncnc(N7CCC(SCc8ccccc8)CC7)n6)c5)c4)n3)CC2)c1C. The van der Waals surface area contributed by atoms with E-state index in [1.165, 1.54) is 35.0 Å². The van der Waals surface area contributed by atoms with Gasteiger partial charge in [-0.15, -0.1) is 0 Å². The van der Waals surface area contributed by atoms with Gasteiger partial charge in [-0.3, -0.25) is 9.59 Å². The van der Waals surface area contributed by atoms with Gasteiger partial charge in [-0.05, 0) is 85.8 Å². The van der Waals surface area contributed by atoms with E-state index in [2.05, 4.69) is 128 Å². The number of aryl methyl sites for hydroxylation is 1. The van der Waals surface area contributed by atoms with Crippen LogP contribution in [0.15, 0.2) is 110 Å². The minimum absolute atomic E-state index is 0.00552. The zero-order valence-electron chi connectivity index (χ0n) is 35.0. The lowest BCUT2D eigenvalue weighted by atomic mass is 10.1. The van der Waals surface area contributed by atoms with Gasteiger partial charge in [0.25, 0.3) is 0 Å². The molecular weight excluding hydrogens is 799 g/mol. The molecule has 4 N–H and O–H groups in total. The smallest absolute Gasteiger partial charge is 0.231 e. The van der Waals surface area contributed by atoms with E-state index in [4.69, 9.17) is 0 Å². The second kappa shape index (κ2) is 20.2. The molecule has 2 saturated heterocycles. The van der Waals surface area contributed by atoms with Gasteiger partial charge in [0.15, 0.2) is 0 Å². The van der Waals surface area contributed by atoms with Gasteiger partial charge in [0, 0.05) is 91.5 Å². The molecule has 0 radical (unpaired) electrons. The summed E-state index contributed by atoms with van der Waals surface area (Å²) in [5.74, 6) is 2.55. The van der Waals surface area contributed by atoms with Gasteiger partial charge in [-0.1, -0.05) is 54.6 Å². The third-order valence-electron chi connectivity index (χ3n) is 11.0. The van der Waals surface area contributed by atoms with Crippen molar-refractivity contribution in [1.29, 1.82) is 0 Å². The van der Waals surface area contributed by atoms with Crippen LogP contribution in [0.2, 0.25) is 0 Å². The van der Waals surface area contributed by atoms with E-state index in [1.54, 1.807) is 24.3 Å². The van der Waals surface area contributed by atoms with Gasteiger partial charge in [0.1, 0.15) is 12.7 Å². The molecule has 0 bridgehead atoms. The molecule has 2 amide bonds. The Labute approximate surface area is 366 Å². The van der Waals surface area contributed by atoms with Gasteiger partial charge in [0.2, 0.25) is 35.6 Å². The van der Waals surface area contributed by atoms with Crippen LogP contribution in [0.5, 0.6) is 0 Å². The molecule has 4 aromatic carbocycles. The van der Waals surface area contributed by atoms with E-state index in [1.807, 2.05) is 36.0 Å². The van der Waals surface area contributed by atoms with Crippen LogP contribution in [0.25, 0.3) is 0 Å². The molecule has 2 aliphatic heterocycles. The van der Waals surface area contributed by atoms with Crippen LogP contribution < -0.4 is 36.0 Å². The van der Waals surface area contributed by atoms with Gasteiger partial charge in [-0.2, -0.15) is 21.7 Å². The molecule has 2 aliphatic rings. The van der Waals surface area contributed by atoms with Gasteiger partial charge in [-0.25, -0.2) is 19.9 Å². The topological polar surface area (TPSA) is 169 Å². The molecule has 8 rings (SSSR count). The molecule has 6 aromatic rings. The molecule has 4 heterocycles. The lowest BCUT2D eigenvalue weighted by molar-refractivity contribution is -0.121. The molecule has 15 nitrogen and oxygen atoms in total. The summed E-state index contributed by atoms with van der Waals surface area (Å²) in [6.07, 6.45) is 5.18. The number of aromatic nitrogens is 6. The largest absolute Gasteiger partial charge is 0.368 e. The minimum Gasteiger partial charge on any atom is -0.368 e. The fraction of sp³-hybridized carbons (Fsp3) is 0.304. The Balaban J connectivity index is 0.770. The monoisotopic (exact) mass is 849 g/mol. The first-order valence-electron chi connectivity index (χ1n) is 21.0. The number of rotatable bonds is 15. The summed E-state index contributed by atoms with van der Waals surface area (Å²) < 4.78 is 0. The predicted octanol–water partition coefficient (Wildman–Crippen LogP) is 7.75. The molecule has 0 spiro atoms. The molecule has 0 aliphatic carbocycles. The van der Waals surface area contributed by atoms with Crippen molar-refractivity contribution in [1.82, 2.24) is 29.9 Å². The Bertz CT molecular complexity index is 2460. The van der Waals surface area contributed by atoms with Crippen molar-refractivity contribution < 1.29 is 9.59 Å². The zero-order valence-corrected chi connectivity index (χ0v) is 35.8. The standard InChI is InChI=1S/C46H51N13O2S/c1-32-9-6-16-40(33(32)2)57-23-25-59(26-24-57)46-50-31-48-44(56-46)54-38-15-8-13-36(28-38)52-42(61)18-17-41(60)51-35-12-7-14-37(27-35)53-43-47-30-49-45(55-43)58-21-19-39(20-22-58)62-29-34-10-4-3-5-11-34/h3-16,27-28,30-31,39H,17-26,29H2,1-2H3,(H,51,60)(H,52,61)(H,47,49,53,55)(H,48,50,54,56). The van der Waals surface area contributed by atoms with E-state index in [-0.39, 0.29) is 24.7 Å². The van der Waals surface area contributed by atoms with Crippen molar-refractivity contribution >= 4 is 75.8 Å². The minimum atomic E-state index is -0.282. The summed E-state index contributed by atoms with van der Waals surface area (Å²) in [5, 5.41) is 12.9. The molecule has 62 heavy (non-hydrogen) atoms. The first-order valence-corrected chi connectivity index (χ1v) is 22.0. The Morgan fingerprint density at radius 2 is 1.11 bits per heavy atom. The number of benzene rings is 4. The summed E-state index contributed by atoms with van der Waals surface area (Å²) in [4.78, 5) is 59.5. The summed E-state index contributed by atoms with van der Waals surface area (Å²) in [7, 11) is 0. The lowest BCUT2D eigenvalue weighted by Gasteiger charge is -2.37. The van der Waals surface area contributed by atoms with Crippen molar-refractivity contribution in [2.75, 3.05) is 75.2 Å². The molecule has 318 valence electrons. The van der Waals surface area contributed by atoms with Crippen LogP contribution in [0, 0.1) is 13.8 Å². The second-order valence-corrected chi connectivity index (χ2v) is 16.7. The summed E-state index contributed by atoms with van der Waals surface area (Å²) >= 11 is 2.02. The average molecular weight is 850 g/mol. The van der Waals surface area contributed by atoms with Gasteiger partial charge in [0.05, 0.1) is 0 Å². The molecule has 2 aromatic heterocycles. The third kappa shape index (κ3) is 11.3. The molecule has 0 unspecified atom stereocenters. The first-order chi connectivity index (χ1) is 30.3. The van der Waals surface area contributed by atoms with Crippen LogP contribution >= 0.6 is 11.8 Å². The number of hydrogen-bond acceptors (Lipinski definition) is 14. The highest BCUT2D eigenvalue weighted by Crippen LogP contribution is 2.29. The van der Waals surface area contributed by atoms with E-state index >= 15 is 0 Å². The van der Waals surface area contributed by atoms with Crippen LogP contribution in [0.3, 0.4) is 0 Å². The van der Waals surface area contributed by atoms with Crippen LogP contribution in [0.4, 0.5) is 52.2 Å². The molecule has 0 saturated carbocycles. The third-order valence-corrected chi connectivity index (χ3v) is 12.5. The number of hydrogen-bond donors (Lipinski definition) is 4. The molecule has 0 atom stereocenters. The molecular formula is C46H51N13O2S. The highest BCUT2D eigenvalue weighted by Gasteiger charge is 2.23. The van der Waals surface area contributed by atoms with Crippen molar-refractivity contribution in [3.05, 3.63) is 126 Å². The summed E-state index contributed by atoms with van der Waals surface area (Å²) in [5.41, 5.74) is 7.82. The number of carbonyl (C=O) groups is 2. The fourth-order valence-electron chi connectivity index (χ4n) is 7.52. The Hall–Kier alpha value is -6.81. The number of amides is 2. The number of nitrogens with one attached hydrogen (secondary N) is 4. The van der Waals surface area contributed by atoms with Crippen molar-refractivity contribution in [2.45, 2.75) is 50.5 Å². The number of anilines is 9. The maximum absolute atomic E-state index is 12.9. The Morgan fingerprint density at radius 1 is 0.597 bits per heavy atom. The Morgan fingerprint density at radius 3 is 1.69 bits per heavy atom. The number of carbonyl (C=O) groups excluding carboxylic acids is 2. The highest BCUT2D eigenvalue weighted by molar-refractivity contribution is 7.99. The summed E-state index contributed by atoms with van der Waals surface area (Å²) in [6, 6.07) is 31.6. The maximum Gasteiger partial charge on any atom is 0.231 e. The Kier molecular flexibility index (Phi) is 13.6. The van der Waals surface area contributed by atoms with Crippen LogP contribution in [-0.2, 0) is 15.3 Å². The molecule has 2 fully saturated rings. The number of piperazine rings is 1. The number of nitrogens with zero attached hydrogens (tertiary/aromatic N) is 9.